The highest BCUT2D eigenvalue weighted by molar-refractivity contribution is 7.90. The van der Waals surface area contributed by atoms with Crippen molar-refractivity contribution in [2.45, 2.75) is 13.3 Å². The molecule has 0 aliphatic rings. The van der Waals surface area contributed by atoms with Crippen LogP contribution < -0.4 is 0 Å². The van der Waals surface area contributed by atoms with Crippen LogP contribution in [0.1, 0.15) is 12.5 Å². The predicted molar refractivity (Wildman–Crippen MR) is 55.6 cm³/mol. The van der Waals surface area contributed by atoms with Crippen LogP contribution in [0.2, 0.25) is 0 Å². The van der Waals surface area contributed by atoms with E-state index >= 15 is 0 Å². The zero-order chi connectivity index (χ0) is 11.1. The van der Waals surface area contributed by atoms with Gasteiger partial charge in [-0.2, -0.15) is 0 Å². The van der Waals surface area contributed by atoms with E-state index in [2.05, 4.69) is 8.37 Å². The molecule has 0 atom stereocenters. The molecule has 1 rings (SSSR count). The average Bonchev–Trinajstić information content (AvgIpc) is 2.18. The molecule has 4 nitrogen and oxygen atoms in total. The fourth-order valence-corrected chi connectivity index (χ4v) is 1.16. The summed E-state index contributed by atoms with van der Waals surface area (Å²) in [6.45, 7) is 1.23. The first-order chi connectivity index (χ1) is 7.18. The van der Waals surface area contributed by atoms with Gasteiger partial charge in [-0.25, -0.2) is 0 Å². The molecule has 0 radical (unpaired) electrons. The van der Waals surface area contributed by atoms with Crippen molar-refractivity contribution in [3.05, 3.63) is 35.9 Å². The van der Waals surface area contributed by atoms with Crippen molar-refractivity contribution < 1.29 is 18.0 Å². The van der Waals surface area contributed by atoms with Crippen LogP contribution in [-0.4, -0.2) is 11.9 Å². The molecule has 15 heavy (non-hydrogen) atoms. The summed E-state index contributed by atoms with van der Waals surface area (Å²) in [5.41, 5.74) is 0.853. The lowest BCUT2D eigenvalue weighted by atomic mass is 10.2. The Morgan fingerprint density at radius 3 is 2.47 bits per heavy atom. The van der Waals surface area contributed by atoms with E-state index in [1.807, 2.05) is 30.3 Å². The molecular formula is C10H10O4S. The van der Waals surface area contributed by atoms with Crippen LogP contribution in [0.15, 0.2) is 30.3 Å². The lowest BCUT2D eigenvalue weighted by Crippen LogP contribution is -2.04. The standard InChI is InChI=1S/C10H10O4S/c1-8(11)13-15-14-10(12)7-9-5-3-2-4-6-9/h2-6H,7H2,1H3. The maximum absolute atomic E-state index is 11.2. The lowest BCUT2D eigenvalue weighted by molar-refractivity contribution is -0.134. The zero-order valence-electron chi connectivity index (χ0n) is 8.14. The van der Waals surface area contributed by atoms with E-state index in [-0.39, 0.29) is 6.42 Å². The average molecular weight is 226 g/mol. The van der Waals surface area contributed by atoms with Gasteiger partial charge in [0.25, 0.3) is 12.3 Å². The largest absolute Gasteiger partial charge is 0.355 e. The molecule has 5 heteroatoms. The minimum atomic E-state index is -0.507. The monoisotopic (exact) mass is 226 g/mol. The van der Waals surface area contributed by atoms with E-state index in [0.717, 1.165) is 5.56 Å². The number of benzene rings is 1. The number of hydrogen-bond donors (Lipinski definition) is 0. The molecule has 0 aliphatic heterocycles. The van der Waals surface area contributed by atoms with Crippen molar-refractivity contribution >= 4 is 24.3 Å². The van der Waals surface area contributed by atoms with Crippen LogP contribution in [0.4, 0.5) is 0 Å². The van der Waals surface area contributed by atoms with E-state index in [9.17, 15) is 9.59 Å². The van der Waals surface area contributed by atoms with Gasteiger partial charge < -0.3 is 8.37 Å². The van der Waals surface area contributed by atoms with Crippen LogP contribution in [0, 0.1) is 0 Å². The molecule has 1 aromatic rings. The van der Waals surface area contributed by atoms with Gasteiger partial charge in [0.05, 0.1) is 6.42 Å². The Morgan fingerprint density at radius 2 is 1.87 bits per heavy atom. The normalized spacial score (nSPS) is 9.40. The summed E-state index contributed by atoms with van der Waals surface area (Å²) < 4.78 is 8.98. The van der Waals surface area contributed by atoms with E-state index in [0.29, 0.717) is 12.3 Å². The van der Waals surface area contributed by atoms with Gasteiger partial charge in [-0.1, -0.05) is 30.3 Å². The van der Waals surface area contributed by atoms with Gasteiger partial charge in [0.1, 0.15) is 0 Å². The highest BCUT2D eigenvalue weighted by atomic mass is 32.2. The zero-order valence-corrected chi connectivity index (χ0v) is 8.95. The van der Waals surface area contributed by atoms with E-state index < -0.39 is 11.9 Å². The smallest absolute Gasteiger partial charge is 0.325 e. The molecule has 0 fully saturated rings. The highest BCUT2D eigenvalue weighted by Crippen LogP contribution is 2.08. The van der Waals surface area contributed by atoms with E-state index in [1.54, 1.807) is 0 Å². The number of rotatable bonds is 4. The van der Waals surface area contributed by atoms with Crippen LogP contribution in [0.5, 0.6) is 0 Å². The molecule has 0 saturated heterocycles. The van der Waals surface area contributed by atoms with Crippen molar-refractivity contribution in [3.63, 3.8) is 0 Å². The summed E-state index contributed by atoms with van der Waals surface area (Å²) >= 11 is 0.390. The van der Waals surface area contributed by atoms with Crippen molar-refractivity contribution in [1.82, 2.24) is 0 Å². The summed E-state index contributed by atoms with van der Waals surface area (Å²) in [6.07, 6.45) is 0.162. The number of carbonyl (C=O) groups excluding carboxylic acids is 2. The topological polar surface area (TPSA) is 52.6 Å². The summed E-state index contributed by atoms with van der Waals surface area (Å²) in [7, 11) is 0. The molecule has 0 saturated carbocycles. The molecule has 0 N–H and O–H groups in total. The van der Waals surface area contributed by atoms with E-state index in [1.165, 1.54) is 6.92 Å². The first kappa shape index (κ1) is 11.6. The molecule has 0 amide bonds. The van der Waals surface area contributed by atoms with Crippen LogP contribution in [0.3, 0.4) is 0 Å². The summed E-state index contributed by atoms with van der Waals surface area (Å²) in [5.74, 6) is -0.958. The molecule has 0 unspecified atom stereocenters. The fraction of sp³-hybridized carbons (Fsp3) is 0.200. The molecule has 0 aliphatic carbocycles. The predicted octanol–water partition coefficient (Wildman–Crippen LogP) is 1.90. The summed E-state index contributed by atoms with van der Waals surface area (Å²) in [4.78, 5) is 21.5. The lowest BCUT2D eigenvalue weighted by Gasteiger charge is -2.00. The second-order valence-corrected chi connectivity index (χ2v) is 3.23. The van der Waals surface area contributed by atoms with Gasteiger partial charge in [0.2, 0.25) is 0 Å². The van der Waals surface area contributed by atoms with Crippen LogP contribution in [-0.2, 0) is 24.4 Å². The van der Waals surface area contributed by atoms with Gasteiger partial charge in [-0.05, 0) is 5.56 Å². The SMILES string of the molecule is CC(=O)OSOC(=O)Cc1ccccc1. The Hall–Kier alpha value is -1.49. The van der Waals surface area contributed by atoms with Gasteiger partial charge >= 0.3 is 11.9 Å². The minimum Gasteiger partial charge on any atom is -0.355 e. The molecule has 0 spiro atoms. The minimum absolute atomic E-state index is 0.162. The van der Waals surface area contributed by atoms with Gasteiger partial charge in [0, 0.05) is 6.92 Å². The van der Waals surface area contributed by atoms with Gasteiger partial charge in [-0.15, -0.1) is 0 Å². The highest BCUT2D eigenvalue weighted by Gasteiger charge is 2.06. The maximum Gasteiger partial charge on any atom is 0.325 e. The first-order valence-electron chi connectivity index (χ1n) is 4.27. The van der Waals surface area contributed by atoms with Crippen molar-refractivity contribution in [2.24, 2.45) is 0 Å². The maximum atomic E-state index is 11.2. The number of carbonyl (C=O) groups is 2. The molecule has 1 aromatic carbocycles. The third kappa shape index (κ3) is 5.07. The molecule has 0 aromatic heterocycles. The third-order valence-corrected chi connectivity index (χ3v) is 2.03. The quantitative estimate of drug-likeness (QED) is 0.734. The third-order valence-electron chi connectivity index (χ3n) is 1.47. The van der Waals surface area contributed by atoms with Crippen molar-refractivity contribution in [3.8, 4) is 0 Å². The Balaban J connectivity index is 2.28. The molecule has 80 valence electrons. The molecule has 0 bridgehead atoms. The number of hydrogen-bond acceptors (Lipinski definition) is 5. The summed E-state index contributed by atoms with van der Waals surface area (Å²) in [5, 5.41) is 0. The first-order valence-corrected chi connectivity index (χ1v) is 4.93. The Morgan fingerprint density at radius 1 is 1.20 bits per heavy atom. The van der Waals surface area contributed by atoms with E-state index in [4.69, 9.17) is 0 Å². The Kier molecular flexibility index (Phi) is 4.70. The Bertz CT molecular complexity index is 337. The second kappa shape index (κ2) is 6.08. The second-order valence-electron chi connectivity index (χ2n) is 2.76. The van der Waals surface area contributed by atoms with Gasteiger partial charge in [0.15, 0.2) is 0 Å². The van der Waals surface area contributed by atoms with Crippen molar-refractivity contribution in [2.75, 3.05) is 0 Å². The van der Waals surface area contributed by atoms with Crippen molar-refractivity contribution in [1.29, 1.82) is 0 Å². The fourth-order valence-electron chi connectivity index (χ4n) is 0.895. The Labute approximate surface area is 92.0 Å². The molecule has 0 heterocycles. The van der Waals surface area contributed by atoms with Crippen LogP contribution >= 0.6 is 12.3 Å². The van der Waals surface area contributed by atoms with Gasteiger partial charge in [-0.3, -0.25) is 9.59 Å². The summed E-state index contributed by atoms with van der Waals surface area (Å²) in [6, 6.07) is 9.17. The molecular weight excluding hydrogens is 216 g/mol. The van der Waals surface area contributed by atoms with Crippen LogP contribution in [0.25, 0.3) is 0 Å².